The summed E-state index contributed by atoms with van der Waals surface area (Å²) < 4.78 is 51.2. The van der Waals surface area contributed by atoms with Crippen molar-refractivity contribution in [3.05, 3.63) is 65.5 Å². The molecule has 2 aromatic rings. The summed E-state index contributed by atoms with van der Waals surface area (Å²) in [7, 11) is 0. The quantitative estimate of drug-likeness (QED) is 0.617. The summed E-state index contributed by atoms with van der Waals surface area (Å²) in [5.74, 6) is -0.641. The van der Waals surface area contributed by atoms with E-state index in [4.69, 9.17) is 0 Å². The van der Waals surface area contributed by atoms with Crippen LogP contribution >= 0.6 is 11.8 Å². The Morgan fingerprint density at radius 1 is 1.08 bits per heavy atom. The lowest BCUT2D eigenvalue weighted by Crippen LogP contribution is -2.27. The van der Waals surface area contributed by atoms with Crippen molar-refractivity contribution in [2.75, 3.05) is 12.3 Å². The van der Waals surface area contributed by atoms with E-state index < -0.39 is 11.7 Å². The van der Waals surface area contributed by atoms with Crippen molar-refractivity contribution in [2.45, 2.75) is 17.5 Å². The highest BCUT2D eigenvalue weighted by atomic mass is 32.2. The largest absolute Gasteiger partial charge is 0.416 e. The molecule has 0 saturated carbocycles. The standard InChI is InChI=1S/C17H15F4NOS/c18-15-7-2-1-4-12(15)8-9-22-16(23)11-24-14-6-3-5-13(10-14)17(19,20)21/h1-7,10H,8-9,11H2,(H,22,23). The van der Waals surface area contributed by atoms with Crippen molar-refractivity contribution in [2.24, 2.45) is 0 Å². The first kappa shape index (κ1) is 18.3. The number of alkyl halides is 3. The normalized spacial score (nSPS) is 11.3. The third-order valence-electron chi connectivity index (χ3n) is 3.21. The fourth-order valence-electron chi connectivity index (χ4n) is 2.00. The van der Waals surface area contributed by atoms with E-state index in [2.05, 4.69) is 5.32 Å². The van der Waals surface area contributed by atoms with Gasteiger partial charge in [-0.2, -0.15) is 13.2 Å². The van der Waals surface area contributed by atoms with E-state index in [0.29, 0.717) is 16.9 Å². The van der Waals surface area contributed by atoms with Gasteiger partial charge in [-0.05, 0) is 36.2 Å². The SMILES string of the molecule is O=C(CSc1cccc(C(F)(F)F)c1)NCCc1ccccc1F. The Morgan fingerprint density at radius 3 is 2.54 bits per heavy atom. The average molecular weight is 357 g/mol. The highest BCUT2D eigenvalue weighted by Crippen LogP contribution is 2.31. The zero-order valence-corrected chi connectivity index (χ0v) is 13.4. The second-order valence-corrected chi connectivity index (χ2v) is 6.05. The van der Waals surface area contributed by atoms with Gasteiger partial charge in [0, 0.05) is 11.4 Å². The molecule has 0 unspecified atom stereocenters. The van der Waals surface area contributed by atoms with Gasteiger partial charge in [0.25, 0.3) is 0 Å². The molecule has 1 amide bonds. The minimum Gasteiger partial charge on any atom is -0.355 e. The van der Waals surface area contributed by atoms with Crippen molar-refractivity contribution < 1.29 is 22.4 Å². The van der Waals surface area contributed by atoms with Crippen LogP contribution in [0.15, 0.2) is 53.4 Å². The predicted molar refractivity (Wildman–Crippen MR) is 85.3 cm³/mol. The minimum absolute atomic E-state index is 0.00141. The van der Waals surface area contributed by atoms with Gasteiger partial charge in [-0.3, -0.25) is 4.79 Å². The number of rotatable bonds is 6. The summed E-state index contributed by atoms with van der Waals surface area (Å²) in [5.41, 5.74) is -0.240. The molecule has 0 fully saturated rings. The first-order valence-electron chi connectivity index (χ1n) is 7.16. The Labute approximate surface area is 141 Å². The van der Waals surface area contributed by atoms with Crippen molar-refractivity contribution in [3.63, 3.8) is 0 Å². The van der Waals surface area contributed by atoms with E-state index >= 15 is 0 Å². The second-order valence-electron chi connectivity index (χ2n) is 5.01. The lowest BCUT2D eigenvalue weighted by atomic mass is 10.1. The van der Waals surface area contributed by atoms with Crippen LogP contribution in [0.1, 0.15) is 11.1 Å². The molecule has 1 N–H and O–H groups in total. The predicted octanol–water partition coefficient (Wildman–Crippen LogP) is 4.30. The number of hydrogen-bond donors (Lipinski definition) is 1. The number of benzene rings is 2. The number of hydrogen-bond acceptors (Lipinski definition) is 2. The van der Waals surface area contributed by atoms with Gasteiger partial charge in [-0.25, -0.2) is 4.39 Å². The van der Waals surface area contributed by atoms with Crippen LogP contribution in [0.25, 0.3) is 0 Å². The topological polar surface area (TPSA) is 29.1 Å². The van der Waals surface area contributed by atoms with E-state index in [-0.39, 0.29) is 24.0 Å². The Kier molecular flexibility index (Phi) is 6.25. The fourth-order valence-corrected chi connectivity index (χ4v) is 2.78. The molecule has 128 valence electrons. The molecular weight excluding hydrogens is 342 g/mol. The summed E-state index contributed by atoms with van der Waals surface area (Å²) in [4.78, 5) is 12.1. The van der Waals surface area contributed by atoms with Crippen LogP contribution in [-0.2, 0) is 17.4 Å². The summed E-state index contributed by atoms with van der Waals surface area (Å²) in [6.45, 7) is 0.267. The van der Waals surface area contributed by atoms with Gasteiger partial charge in [-0.15, -0.1) is 11.8 Å². The molecule has 2 rings (SSSR count). The first-order chi connectivity index (χ1) is 11.4. The molecule has 0 bridgehead atoms. The number of carbonyl (C=O) groups excluding carboxylic acids is 1. The summed E-state index contributed by atoms with van der Waals surface area (Å²) in [5, 5.41) is 2.62. The van der Waals surface area contributed by atoms with Crippen LogP contribution in [-0.4, -0.2) is 18.2 Å². The lowest BCUT2D eigenvalue weighted by molar-refractivity contribution is -0.137. The Balaban J connectivity index is 1.78. The molecule has 0 radical (unpaired) electrons. The van der Waals surface area contributed by atoms with Gasteiger partial charge in [0.1, 0.15) is 5.82 Å². The van der Waals surface area contributed by atoms with Crippen LogP contribution in [0.3, 0.4) is 0 Å². The molecule has 0 heterocycles. The maximum Gasteiger partial charge on any atom is 0.416 e. The number of halogens is 4. The highest BCUT2D eigenvalue weighted by molar-refractivity contribution is 8.00. The Bertz CT molecular complexity index is 703. The lowest BCUT2D eigenvalue weighted by Gasteiger charge is -2.09. The molecule has 0 aliphatic heterocycles. The van der Waals surface area contributed by atoms with E-state index in [0.717, 1.165) is 23.9 Å². The molecule has 0 atom stereocenters. The summed E-state index contributed by atoms with van der Waals surface area (Å²) >= 11 is 1.02. The molecule has 0 spiro atoms. The van der Waals surface area contributed by atoms with E-state index in [1.165, 1.54) is 18.2 Å². The van der Waals surface area contributed by atoms with Crippen LogP contribution in [0.2, 0.25) is 0 Å². The highest BCUT2D eigenvalue weighted by Gasteiger charge is 2.30. The van der Waals surface area contributed by atoms with E-state index in [1.807, 2.05) is 0 Å². The Hall–Kier alpha value is -2.02. The third kappa shape index (κ3) is 5.56. The molecule has 0 aliphatic rings. The minimum atomic E-state index is -4.40. The maximum absolute atomic E-state index is 13.4. The van der Waals surface area contributed by atoms with E-state index in [1.54, 1.807) is 18.2 Å². The van der Waals surface area contributed by atoms with Crippen molar-refractivity contribution in [1.82, 2.24) is 5.32 Å². The monoisotopic (exact) mass is 357 g/mol. The van der Waals surface area contributed by atoms with Crippen LogP contribution in [0, 0.1) is 5.82 Å². The summed E-state index contributed by atoms with van der Waals surface area (Å²) in [6.07, 6.45) is -4.05. The molecule has 2 nitrogen and oxygen atoms in total. The maximum atomic E-state index is 13.4. The fraction of sp³-hybridized carbons (Fsp3) is 0.235. The number of carbonyl (C=O) groups is 1. The van der Waals surface area contributed by atoms with Gasteiger partial charge in [-0.1, -0.05) is 24.3 Å². The third-order valence-corrected chi connectivity index (χ3v) is 4.20. The summed E-state index contributed by atoms with van der Waals surface area (Å²) in [6, 6.07) is 11.1. The molecule has 2 aromatic carbocycles. The average Bonchev–Trinajstić information content (AvgIpc) is 2.54. The molecule has 24 heavy (non-hydrogen) atoms. The van der Waals surface area contributed by atoms with Crippen LogP contribution in [0.5, 0.6) is 0 Å². The van der Waals surface area contributed by atoms with Gasteiger partial charge < -0.3 is 5.32 Å². The number of amides is 1. The molecule has 0 aromatic heterocycles. The molecule has 0 saturated heterocycles. The van der Waals surface area contributed by atoms with Crippen molar-refractivity contribution in [1.29, 1.82) is 0 Å². The van der Waals surface area contributed by atoms with Crippen LogP contribution < -0.4 is 5.32 Å². The number of nitrogens with one attached hydrogen (secondary N) is 1. The molecule has 0 aliphatic carbocycles. The van der Waals surface area contributed by atoms with Crippen molar-refractivity contribution >= 4 is 17.7 Å². The molecule has 7 heteroatoms. The smallest absolute Gasteiger partial charge is 0.355 e. The Morgan fingerprint density at radius 2 is 1.83 bits per heavy atom. The molecular formula is C17H15F4NOS. The first-order valence-corrected chi connectivity index (χ1v) is 8.15. The van der Waals surface area contributed by atoms with Gasteiger partial charge in [0.05, 0.1) is 11.3 Å². The number of thioether (sulfide) groups is 1. The van der Waals surface area contributed by atoms with Gasteiger partial charge in [0.15, 0.2) is 0 Å². The van der Waals surface area contributed by atoms with Gasteiger partial charge in [0.2, 0.25) is 5.91 Å². The zero-order chi connectivity index (χ0) is 17.6. The van der Waals surface area contributed by atoms with Gasteiger partial charge >= 0.3 is 6.18 Å². The van der Waals surface area contributed by atoms with Crippen molar-refractivity contribution in [3.8, 4) is 0 Å². The zero-order valence-electron chi connectivity index (χ0n) is 12.6. The van der Waals surface area contributed by atoms with E-state index in [9.17, 15) is 22.4 Å². The van der Waals surface area contributed by atoms with Crippen LogP contribution in [0.4, 0.5) is 17.6 Å². The second kappa shape index (κ2) is 8.19.